The van der Waals surface area contributed by atoms with Crippen LogP contribution >= 0.6 is 0 Å². The third kappa shape index (κ3) is 3.82. The molecule has 20 heavy (non-hydrogen) atoms. The molecule has 1 aromatic heterocycles. The molecule has 0 unspecified atom stereocenters. The summed E-state index contributed by atoms with van der Waals surface area (Å²) in [6, 6.07) is 0. The molecule has 5 nitrogen and oxygen atoms in total. The van der Waals surface area contributed by atoms with Gasteiger partial charge in [0.25, 0.3) is 0 Å². The molecule has 2 N–H and O–H groups in total. The largest absolute Gasteiger partial charge is 0.381 e. The molecule has 0 aromatic carbocycles. The van der Waals surface area contributed by atoms with E-state index in [1.165, 1.54) is 0 Å². The minimum absolute atomic E-state index is 0.686. The smallest absolute Gasteiger partial charge is 0.134 e. The Balaban J connectivity index is 2.06. The lowest BCUT2D eigenvalue weighted by Crippen LogP contribution is -2.23. The van der Waals surface area contributed by atoms with Crippen LogP contribution < -0.4 is 10.6 Å². The molecule has 5 heteroatoms. The zero-order valence-electron chi connectivity index (χ0n) is 12.8. The summed E-state index contributed by atoms with van der Waals surface area (Å²) in [5.74, 6) is 3.50. The number of rotatable bonds is 6. The van der Waals surface area contributed by atoms with Crippen molar-refractivity contribution in [2.24, 2.45) is 5.92 Å². The minimum Gasteiger partial charge on any atom is -0.381 e. The first-order valence-electron chi connectivity index (χ1n) is 7.61. The predicted molar refractivity (Wildman–Crippen MR) is 82.3 cm³/mol. The van der Waals surface area contributed by atoms with Crippen LogP contribution in [0.3, 0.4) is 0 Å². The third-order valence-corrected chi connectivity index (χ3v) is 3.80. The summed E-state index contributed by atoms with van der Waals surface area (Å²) in [6.45, 7) is 6.96. The molecular weight excluding hydrogens is 252 g/mol. The van der Waals surface area contributed by atoms with Gasteiger partial charge >= 0.3 is 0 Å². The first-order valence-corrected chi connectivity index (χ1v) is 7.61. The number of aromatic nitrogens is 2. The van der Waals surface area contributed by atoms with Crippen LogP contribution in [0.25, 0.3) is 0 Å². The number of hydrogen-bond donors (Lipinski definition) is 2. The SMILES string of the molecule is CCCc1nc(NC)c(C)c(NCC2CCOCC2)n1. The average Bonchev–Trinajstić information content (AvgIpc) is 2.48. The fraction of sp³-hybridized carbons (Fsp3) is 0.733. The van der Waals surface area contributed by atoms with E-state index in [1.54, 1.807) is 0 Å². The normalized spacial score (nSPS) is 16.1. The number of aryl methyl sites for hydroxylation is 1. The molecule has 1 aliphatic rings. The van der Waals surface area contributed by atoms with Crippen LogP contribution in [0.1, 0.15) is 37.6 Å². The summed E-state index contributed by atoms with van der Waals surface area (Å²) >= 11 is 0. The zero-order chi connectivity index (χ0) is 14.4. The molecule has 0 radical (unpaired) electrons. The van der Waals surface area contributed by atoms with Gasteiger partial charge in [-0.15, -0.1) is 0 Å². The van der Waals surface area contributed by atoms with Gasteiger partial charge in [0.05, 0.1) is 0 Å². The predicted octanol–water partition coefficient (Wildman–Crippen LogP) is 2.62. The van der Waals surface area contributed by atoms with Crippen molar-refractivity contribution in [3.8, 4) is 0 Å². The van der Waals surface area contributed by atoms with Crippen molar-refractivity contribution in [2.45, 2.75) is 39.5 Å². The van der Waals surface area contributed by atoms with Gasteiger partial charge in [0.1, 0.15) is 17.5 Å². The van der Waals surface area contributed by atoms with Gasteiger partial charge in [-0.3, -0.25) is 0 Å². The van der Waals surface area contributed by atoms with Crippen LogP contribution in [-0.2, 0) is 11.2 Å². The van der Waals surface area contributed by atoms with E-state index in [1.807, 2.05) is 7.05 Å². The van der Waals surface area contributed by atoms with Crippen molar-refractivity contribution in [1.29, 1.82) is 0 Å². The van der Waals surface area contributed by atoms with E-state index in [0.717, 1.165) is 68.5 Å². The van der Waals surface area contributed by atoms with Crippen molar-refractivity contribution in [3.05, 3.63) is 11.4 Å². The van der Waals surface area contributed by atoms with Crippen LogP contribution in [0.5, 0.6) is 0 Å². The maximum absolute atomic E-state index is 5.40. The molecule has 2 heterocycles. The molecule has 1 aromatic rings. The maximum atomic E-state index is 5.40. The fourth-order valence-corrected chi connectivity index (χ4v) is 2.51. The van der Waals surface area contributed by atoms with Crippen molar-refractivity contribution < 1.29 is 4.74 Å². The van der Waals surface area contributed by atoms with Crippen LogP contribution in [0.15, 0.2) is 0 Å². The lowest BCUT2D eigenvalue weighted by atomic mass is 10.0. The number of nitrogens with one attached hydrogen (secondary N) is 2. The fourth-order valence-electron chi connectivity index (χ4n) is 2.51. The first kappa shape index (κ1) is 15.0. The Kier molecular flexibility index (Phi) is 5.59. The number of hydrogen-bond acceptors (Lipinski definition) is 5. The van der Waals surface area contributed by atoms with E-state index >= 15 is 0 Å². The molecule has 1 saturated heterocycles. The Hall–Kier alpha value is -1.36. The number of anilines is 2. The Morgan fingerprint density at radius 3 is 2.55 bits per heavy atom. The second-order valence-electron chi connectivity index (χ2n) is 5.40. The summed E-state index contributed by atoms with van der Waals surface area (Å²) in [5, 5.41) is 6.67. The van der Waals surface area contributed by atoms with E-state index in [0.29, 0.717) is 5.92 Å². The molecule has 1 aliphatic heterocycles. The molecule has 0 bridgehead atoms. The second-order valence-corrected chi connectivity index (χ2v) is 5.40. The monoisotopic (exact) mass is 278 g/mol. The van der Waals surface area contributed by atoms with Gasteiger partial charge in [-0.05, 0) is 32.1 Å². The van der Waals surface area contributed by atoms with Crippen molar-refractivity contribution in [2.75, 3.05) is 37.4 Å². The van der Waals surface area contributed by atoms with Crippen LogP contribution in [0, 0.1) is 12.8 Å². The summed E-state index contributed by atoms with van der Waals surface area (Å²) in [6.07, 6.45) is 4.25. The average molecular weight is 278 g/mol. The van der Waals surface area contributed by atoms with E-state index in [9.17, 15) is 0 Å². The van der Waals surface area contributed by atoms with Gasteiger partial charge in [0.2, 0.25) is 0 Å². The number of nitrogens with zero attached hydrogens (tertiary/aromatic N) is 2. The first-order chi connectivity index (χ1) is 9.74. The van der Waals surface area contributed by atoms with Gasteiger partial charge in [-0.25, -0.2) is 9.97 Å². The summed E-state index contributed by atoms with van der Waals surface area (Å²) < 4.78 is 5.40. The Bertz CT molecular complexity index is 430. The van der Waals surface area contributed by atoms with Crippen LogP contribution in [0.4, 0.5) is 11.6 Å². The lowest BCUT2D eigenvalue weighted by molar-refractivity contribution is 0.0699. The third-order valence-electron chi connectivity index (χ3n) is 3.80. The van der Waals surface area contributed by atoms with E-state index in [2.05, 4.69) is 34.4 Å². The molecule has 0 spiro atoms. The molecule has 0 saturated carbocycles. The highest BCUT2D eigenvalue weighted by Gasteiger charge is 2.15. The van der Waals surface area contributed by atoms with Gasteiger partial charge in [0, 0.05) is 38.8 Å². The summed E-state index contributed by atoms with van der Waals surface area (Å²) in [5.41, 5.74) is 1.10. The van der Waals surface area contributed by atoms with Gasteiger partial charge < -0.3 is 15.4 Å². The molecular formula is C15H26N4O. The second kappa shape index (κ2) is 7.43. The topological polar surface area (TPSA) is 59.1 Å². The zero-order valence-corrected chi connectivity index (χ0v) is 12.8. The van der Waals surface area contributed by atoms with Gasteiger partial charge in [0.15, 0.2) is 0 Å². The van der Waals surface area contributed by atoms with Gasteiger partial charge in [-0.1, -0.05) is 6.92 Å². The summed E-state index contributed by atoms with van der Waals surface area (Å²) in [4.78, 5) is 9.22. The summed E-state index contributed by atoms with van der Waals surface area (Å²) in [7, 11) is 1.91. The van der Waals surface area contributed by atoms with Crippen molar-refractivity contribution >= 4 is 11.6 Å². The molecule has 1 fully saturated rings. The lowest BCUT2D eigenvalue weighted by Gasteiger charge is -2.23. The minimum atomic E-state index is 0.686. The molecule has 112 valence electrons. The van der Waals surface area contributed by atoms with Crippen molar-refractivity contribution in [1.82, 2.24) is 9.97 Å². The van der Waals surface area contributed by atoms with E-state index in [4.69, 9.17) is 4.74 Å². The van der Waals surface area contributed by atoms with E-state index < -0.39 is 0 Å². The number of ether oxygens (including phenoxy) is 1. The van der Waals surface area contributed by atoms with Crippen LogP contribution in [-0.4, -0.2) is 36.8 Å². The standard InChI is InChI=1S/C15H26N4O/c1-4-5-13-18-14(16-3)11(2)15(19-13)17-10-12-6-8-20-9-7-12/h12H,4-10H2,1-3H3,(H2,16,17,18,19). The highest BCUT2D eigenvalue weighted by molar-refractivity contribution is 5.57. The molecule has 0 amide bonds. The Labute approximate surface area is 121 Å². The molecule has 0 aliphatic carbocycles. The Morgan fingerprint density at radius 2 is 1.90 bits per heavy atom. The molecule has 0 atom stereocenters. The Morgan fingerprint density at radius 1 is 1.20 bits per heavy atom. The van der Waals surface area contributed by atoms with Crippen LogP contribution in [0.2, 0.25) is 0 Å². The van der Waals surface area contributed by atoms with Crippen molar-refractivity contribution in [3.63, 3.8) is 0 Å². The molecule has 2 rings (SSSR count). The maximum Gasteiger partial charge on any atom is 0.134 e. The highest BCUT2D eigenvalue weighted by Crippen LogP contribution is 2.22. The highest BCUT2D eigenvalue weighted by atomic mass is 16.5. The van der Waals surface area contributed by atoms with E-state index in [-0.39, 0.29) is 0 Å². The quantitative estimate of drug-likeness (QED) is 0.837. The van der Waals surface area contributed by atoms with Gasteiger partial charge in [-0.2, -0.15) is 0 Å².